The SMILES string of the molecule is C/C(=N\NC(=O)Cn1cc([N+](=O)[O-])cn1)c1ccccc1OC(=O)c1ccccc1. The molecule has 0 aliphatic rings. The van der Waals surface area contributed by atoms with Crippen molar-refractivity contribution in [2.75, 3.05) is 0 Å². The normalized spacial score (nSPS) is 11.0. The van der Waals surface area contributed by atoms with Gasteiger partial charge in [0.25, 0.3) is 5.91 Å². The molecular formula is C20H17N5O5. The fourth-order valence-corrected chi connectivity index (χ4v) is 2.51. The molecule has 0 saturated carbocycles. The Labute approximate surface area is 170 Å². The summed E-state index contributed by atoms with van der Waals surface area (Å²) >= 11 is 0. The van der Waals surface area contributed by atoms with Gasteiger partial charge >= 0.3 is 11.7 Å². The van der Waals surface area contributed by atoms with E-state index >= 15 is 0 Å². The van der Waals surface area contributed by atoms with Gasteiger partial charge in [0, 0.05) is 5.56 Å². The third-order valence-electron chi connectivity index (χ3n) is 3.97. The van der Waals surface area contributed by atoms with Gasteiger partial charge in [0.05, 0.1) is 16.2 Å². The van der Waals surface area contributed by atoms with Gasteiger partial charge in [-0.25, -0.2) is 10.2 Å². The van der Waals surface area contributed by atoms with Crippen molar-refractivity contribution in [2.45, 2.75) is 13.5 Å². The van der Waals surface area contributed by atoms with E-state index in [0.717, 1.165) is 17.1 Å². The largest absolute Gasteiger partial charge is 0.422 e. The molecule has 0 aliphatic heterocycles. The van der Waals surface area contributed by atoms with E-state index in [0.29, 0.717) is 22.6 Å². The van der Waals surface area contributed by atoms with Gasteiger partial charge in [-0.3, -0.25) is 19.6 Å². The number of nitro groups is 1. The Kier molecular flexibility index (Phi) is 6.28. The first-order valence-electron chi connectivity index (χ1n) is 8.80. The van der Waals surface area contributed by atoms with E-state index in [9.17, 15) is 19.7 Å². The molecule has 0 aliphatic carbocycles. The predicted octanol–water partition coefficient (Wildman–Crippen LogP) is 2.55. The first-order chi connectivity index (χ1) is 14.4. The number of hydrazone groups is 1. The maximum atomic E-state index is 12.3. The molecule has 10 nitrogen and oxygen atoms in total. The number of ether oxygens (including phenoxy) is 1. The van der Waals surface area contributed by atoms with Crippen LogP contribution in [0.2, 0.25) is 0 Å². The number of benzene rings is 2. The number of para-hydroxylation sites is 1. The number of esters is 1. The van der Waals surface area contributed by atoms with Crippen molar-refractivity contribution in [3.05, 3.63) is 88.2 Å². The first-order valence-corrected chi connectivity index (χ1v) is 8.80. The summed E-state index contributed by atoms with van der Waals surface area (Å²) in [5, 5.41) is 18.4. The molecular weight excluding hydrogens is 390 g/mol. The fourth-order valence-electron chi connectivity index (χ4n) is 2.51. The van der Waals surface area contributed by atoms with Crippen LogP contribution in [-0.4, -0.2) is 32.3 Å². The minimum Gasteiger partial charge on any atom is -0.422 e. The van der Waals surface area contributed by atoms with Crippen molar-refractivity contribution in [3.63, 3.8) is 0 Å². The van der Waals surface area contributed by atoms with Gasteiger partial charge in [-0.1, -0.05) is 30.3 Å². The fraction of sp³-hybridized carbons (Fsp3) is 0.100. The zero-order valence-electron chi connectivity index (χ0n) is 15.9. The lowest BCUT2D eigenvalue weighted by Gasteiger charge is -2.10. The number of nitrogens with zero attached hydrogens (tertiary/aromatic N) is 4. The van der Waals surface area contributed by atoms with Gasteiger partial charge in [-0.2, -0.15) is 10.2 Å². The Morgan fingerprint density at radius 1 is 1.17 bits per heavy atom. The van der Waals surface area contributed by atoms with Crippen LogP contribution in [0.3, 0.4) is 0 Å². The molecule has 1 aromatic heterocycles. The summed E-state index contributed by atoms with van der Waals surface area (Å²) in [7, 11) is 0. The zero-order valence-corrected chi connectivity index (χ0v) is 15.9. The van der Waals surface area contributed by atoms with Gasteiger partial charge < -0.3 is 4.74 Å². The topological polar surface area (TPSA) is 129 Å². The van der Waals surface area contributed by atoms with Gasteiger partial charge in [0.15, 0.2) is 0 Å². The monoisotopic (exact) mass is 407 g/mol. The maximum absolute atomic E-state index is 12.3. The number of amides is 1. The van der Waals surface area contributed by atoms with Gasteiger partial charge in [-0.15, -0.1) is 0 Å². The summed E-state index contributed by atoms with van der Waals surface area (Å²) in [4.78, 5) is 34.4. The van der Waals surface area contributed by atoms with E-state index < -0.39 is 16.8 Å². The lowest BCUT2D eigenvalue weighted by Crippen LogP contribution is -2.24. The molecule has 0 spiro atoms. The summed E-state index contributed by atoms with van der Waals surface area (Å²) in [6.07, 6.45) is 2.20. The van der Waals surface area contributed by atoms with Gasteiger partial charge in [-0.05, 0) is 31.2 Å². The zero-order chi connectivity index (χ0) is 21.5. The molecule has 2 aromatic carbocycles. The average molecular weight is 407 g/mol. The second-order valence-electron chi connectivity index (χ2n) is 6.14. The number of nitrogens with one attached hydrogen (secondary N) is 1. The van der Waals surface area contributed by atoms with Crippen LogP contribution in [0.4, 0.5) is 5.69 Å². The van der Waals surface area contributed by atoms with Crippen molar-refractivity contribution in [1.29, 1.82) is 0 Å². The highest BCUT2D eigenvalue weighted by molar-refractivity contribution is 6.02. The van der Waals surface area contributed by atoms with Crippen LogP contribution in [0.5, 0.6) is 5.75 Å². The van der Waals surface area contributed by atoms with Crippen LogP contribution in [0, 0.1) is 10.1 Å². The van der Waals surface area contributed by atoms with Crippen LogP contribution in [0.25, 0.3) is 0 Å². The Balaban J connectivity index is 1.67. The Hall–Kier alpha value is -4.34. The molecule has 152 valence electrons. The van der Waals surface area contributed by atoms with Crippen LogP contribution >= 0.6 is 0 Å². The Morgan fingerprint density at radius 3 is 2.57 bits per heavy atom. The van der Waals surface area contributed by atoms with Crippen molar-refractivity contribution in [1.82, 2.24) is 15.2 Å². The van der Waals surface area contributed by atoms with Crippen LogP contribution in [0.1, 0.15) is 22.8 Å². The average Bonchev–Trinajstić information content (AvgIpc) is 3.22. The Bertz CT molecular complexity index is 1110. The summed E-state index contributed by atoms with van der Waals surface area (Å²) in [6.45, 7) is 1.41. The minimum absolute atomic E-state index is 0.211. The van der Waals surface area contributed by atoms with Crippen molar-refractivity contribution < 1.29 is 19.2 Å². The van der Waals surface area contributed by atoms with E-state index in [2.05, 4.69) is 15.6 Å². The molecule has 30 heavy (non-hydrogen) atoms. The predicted molar refractivity (Wildman–Crippen MR) is 107 cm³/mol. The van der Waals surface area contributed by atoms with Crippen molar-refractivity contribution in [2.24, 2.45) is 5.10 Å². The molecule has 3 aromatic rings. The first kappa shape index (κ1) is 20.4. The number of hydrogen-bond donors (Lipinski definition) is 1. The second kappa shape index (κ2) is 9.24. The molecule has 1 amide bonds. The maximum Gasteiger partial charge on any atom is 0.343 e. The lowest BCUT2D eigenvalue weighted by atomic mass is 10.1. The molecule has 0 bridgehead atoms. The molecule has 0 atom stereocenters. The highest BCUT2D eigenvalue weighted by Crippen LogP contribution is 2.20. The van der Waals surface area contributed by atoms with Gasteiger partial charge in [0.2, 0.25) is 0 Å². The minimum atomic E-state index is -0.600. The molecule has 0 saturated heterocycles. The summed E-state index contributed by atoms with van der Waals surface area (Å²) < 4.78 is 6.60. The molecule has 0 radical (unpaired) electrons. The number of carbonyl (C=O) groups is 2. The van der Waals surface area contributed by atoms with E-state index in [1.165, 1.54) is 0 Å². The number of hydrogen-bond acceptors (Lipinski definition) is 7. The third-order valence-corrected chi connectivity index (χ3v) is 3.97. The summed E-state index contributed by atoms with van der Waals surface area (Å²) in [6, 6.07) is 15.4. The van der Waals surface area contributed by atoms with Crippen molar-refractivity contribution in [3.8, 4) is 5.75 Å². The molecule has 1 heterocycles. The van der Waals surface area contributed by atoms with Crippen molar-refractivity contribution >= 4 is 23.3 Å². The number of aromatic nitrogens is 2. The second-order valence-corrected chi connectivity index (χ2v) is 6.14. The third kappa shape index (κ3) is 5.13. The highest BCUT2D eigenvalue weighted by atomic mass is 16.6. The smallest absolute Gasteiger partial charge is 0.343 e. The summed E-state index contributed by atoms with van der Waals surface area (Å²) in [5.74, 6) is -0.740. The van der Waals surface area contributed by atoms with Crippen LogP contribution in [-0.2, 0) is 11.3 Å². The molecule has 3 rings (SSSR count). The molecule has 0 unspecified atom stereocenters. The van der Waals surface area contributed by atoms with Crippen LogP contribution < -0.4 is 10.2 Å². The molecule has 1 N–H and O–H groups in total. The molecule has 10 heteroatoms. The standard InChI is InChI=1S/C20H17N5O5/c1-14(22-23-19(26)13-24-12-16(11-21-24)25(28)29)17-9-5-6-10-18(17)30-20(27)15-7-3-2-4-8-15/h2-12H,13H2,1H3,(H,23,26)/b22-14+. The van der Waals surface area contributed by atoms with Crippen LogP contribution in [0.15, 0.2) is 72.1 Å². The van der Waals surface area contributed by atoms with E-state index in [1.807, 2.05) is 0 Å². The highest BCUT2D eigenvalue weighted by Gasteiger charge is 2.14. The van der Waals surface area contributed by atoms with E-state index in [-0.39, 0.29) is 12.2 Å². The lowest BCUT2D eigenvalue weighted by molar-refractivity contribution is -0.385. The number of carbonyl (C=O) groups excluding carboxylic acids is 2. The quantitative estimate of drug-likeness (QED) is 0.211. The molecule has 0 fully saturated rings. The Morgan fingerprint density at radius 2 is 1.87 bits per heavy atom. The summed E-state index contributed by atoms with van der Waals surface area (Å²) in [5.41, 5.74) is 3.49. The van der Waals surface area contributed by atoms with E-state index in [1.54, 1.807) is 61.5 Å². The van der Waals surface area contributed by atoms with Gasteiger partial charge in [0.1, 0.15) is 24.7 Å². The van der Waals surface area contributed by atoms with E-state index in [4.69, 9.17) is 4.74 Å². The number of rotatable bonds is 7.